The van der Waals surface area contributed by atoms with Gasteiger partial charge in [0.15, 0.2) is 0 Å². The molecule has 0 saturated carbocycles. The predicted molar refractivity (Wildman–Crippen MR) is 94.5 cm³/mol. The van der Waals surface area contributed by atoms with Gasteiger partial charge in [-0.3, -0.25) is 0 Å². The zero-order chi connectivity index (χ0) is 15.1. The first-order valence-corrected chi connectivity index (χ1v) is 8.98. The lowest BCUT2D eigenvalue weighted by molar-refractivity contribution is 0.414. The number of hydrogen-bond donors (Lipinski definition) is 1. The second-order valence-electron chi connectivity index (χ2n) is 5.10. The molecule has 2 nitrogen and oxygen atoms in total. The second-order valence-corrected chi connectivity index (χ2v) is 6.95. The summed E-state index contributed by atoms with van der Waals surface area (Å²) >= 11 is 5.45. The van der Waals surface area contributed by atoms with Crippen molar-refractivity contribution in [2.24, 2.45) is 0 Å². The summed E-state index contributed by atoms with van der Waals surface area (Å²) in [6.07, 6.45) is 3.25. The summed E-state index contributed by atoms with van der Waals surface area (Å²) in [5.41, 5.74) is 1.34. The molecule has 1 aromatic heterocycles. The smallest absolute Gasteiger partial charge is 0.118 e. The maximum Gasteiger partial charge on any atom is 0.118 e. The molecule has 2 rings (SSSR count). The van der Waals surface area contributed by atoms with Crippen molar-refractivity contribution in [3.05, 3.63) is 50.6 Å². The van der Waals surface area contributed by atoms with Gasteiger partial charge in [0.25, 0.3) is 0 Å². The van der Waals surface area contributed by atoms with Gasteiger partial charge in [-0.15, -0.1) is 11.3 Å². The van der Waals surface area contributed by atoms with Crippen molar-refractivity contribution in [1.82, 2.24) is 5.32 Å². The molecule has 0 amide bonds. The van der Waals surface area contributed by atoms with Crippen LogP contribution in [0.25, 0.3) is 0 Å². The molecular weight excluding hydrogens is 346 g/mol. The minimum atomic E-state index is 0.466. The number of nitrogens with one attached hydrogen (secondary N) is 1. The van der Waals surface area contributed by atoms with Gasteiger partial charge in [-0.05, 0) is 70.9 Å². The molecule has 1 aromatic carbocycles. The van der Waals surface area contributed by atoms with Crippen LogP contribution in [0.5, 0.6) is 5.75 Å². The lowest BCUT2D eigenvalue weighted by Gasteiger charge is -2.18. The number of halogens is 1. The van der Waals surface area contributed by atoms with Gasteiger partial charge in [-0.2, -0.15) is 0 Å². The van der Waals surface area contributed by atoms with Gasteiger partial charge in [-0.1, -0.05) is 19.1 Å². The van der Waals surface area contributed by atoms with Crippen LogP contribution in [-0.4, -0.2) is 19.7 Å². The van der Waals surface area contributed by atoms with E-state index in [0.717, 1.165) is 31.6 Å². The third kappa shape index (κ3) is 5.13. The van der Waals surface area contributed by atoms with E-state index in [1.54, 1.807) is 7.11 Å². The Labute approximate surface area is 139 Å². The summed E-state index contributed by atoms with van der Waals surface area (Å²) in [6.45, 7) is 3.27. The van der Waals surface area contributed by atoms with Crippen LogP contribution in [0, 0.1) is 0 Å². The lowest BCUT2D eigenvalue weighted by atomic mass is 10.0. The Balaban J connectivity index is 2.02. The van der Waals surface area contributed by atoms with Crippen LogP contribution in [0.4, 0.5) is 0 Å². The summed E-state index contributed by atoms with van der Waals surface area (Å²) in [4.78, 5) is 1.41. The standard InChI is InChI=1S/C17H22BrNOS/c1-3-9-19-14(12-17-16(18)8-10-21-17)11-13-4-6-15(20-2)7-5-13/h4-8,10,14,19H,3,9,11-12H2,1-2H3. The van der Waals surface area contributed by atoms with Crippen molar-refractivity contribution in [1.29, 1.82) is 0 Å². The molecule has 0 spiro atoms. The van der Waals surface area contributed by atoms with E-state index in [0.29, 0.717) is 6.04 Å². The third-order valence-electron chi connectivity index (χ3n) is 3.45. The van der Waals surface area contributed by atoms with Crippen molar-refractivity contribution >= 4 is 27.3 Å². The number of methoxy groups -OCH3 is 1. The number of hydrogen-bond acceptors (Lipinski definition) is 3. The van der Waals surface area contributed by atoms with Gasteiger partial charge in [0.2, 0.25) is 0 Å². The van der Waals surface area contributed by atoms with Gasteiger partial charge in [0.1, 0.15) is 5.75 Å². The Morgan fingerprint density at radius 2 is 1.95 bits per heavy atom. The fourth-order valence-corrected chi connectivity index (χ4v) is 3.90. The summed E-state index contributed by atoms with van der Waals surface area (Å²) in [6, 6.07) is 11.0. The Bertz CT molecular complexity index is 538. The summed E-state index contributed by atoms with van der Waals surface area (Å²) in [5, 5.41) is 5.81. The van der Waals surface area contributed by atoms with Crippen molar-refractivity contribution in [3.63, 3.8) is 0 Å². The first-order chi connectivity index (χ1) is 10.2. The van der Waals surface area contributed by atoms with Gasteiger partial charge in [0.05, 0.1) is 7.11 Å². The summed E-state index contributed by atoms with van der Waals surface area (Å²) < 4.78 is 6.45. The molecule has 1 N–H and O–H groups in total. The summed E-state index contributed by atoms with van der Waals surface area (Å²) in [7, 11) is 1.70. The van der Waals surface area contributed by atoms with Gasteiger partial charge in [0, 0.05) is 15.4 Å². The van der Waals surface area contributed by atoms with Crippen molar-refractivity contribution in [3.8, 4) is 5.75 Å². The number of benzene rings is 1. The van der Waals surface area contributed by atoms with Crippen LogP contribution in [0.1, 0.15) is 23.8 Å². The number of rotatable bonds is 8. The van der Waals surface area contributed by atoms with Crippen molar-refractivity contribution < 1.29 is 4.74 Å². The van der Waals surface area contributed by atoms with Crippen LogP contribution < -0.4 is 10.1 Å². The molecule has 0 aliphatic rings. The lowest BCUT2D eigenvalue weighted by Crippen LogP contribution is -2.33. The maximum absolute atomic E-state index is 5.22. The highest BCUT2D eigenvalue weighted by atomic mass is 79.9. The molecular formula is C17H22BrNOS. The Kier molecular flexibility index (Phi) is 6.74. The van der Waals surface area contributed by atoms with E-state index in [1.807, 2.05) is 23.5 Å². The molecule has 21 heavy (non-hydrogen) atoms. The van der Waals surface area contributed by atoms with E-state index in [1.165, 1.54) is 14.9 Å². The fourth-order valence-electron chi connectivity index (χ4n) is 2.31. The molecule has 0 fully saturated rings. The highest BCUT2D eigenvalue weighted by Crippen LogP contribution is 2.25. The molecule has 2 aromatic rings. The molecule has 0 saturated heterocycles. The summed E-state index contributed by atoms with van der Waals surface area (Å²) in [5.74, 6) is 0.915. The SMILES string of the molecule is CCCNC(Cc1ccc(OC)cc1)Cc1sccc1Br. The first kappa shape index (κ1) is 16.5. The number of ether oxygens (including phenoxy) is 1. The van der Waals surface area contributed by atoms with E-state index < -0.39 is 0 Å². The molecule has 0 bridgehead atoms. The Morgan fingerprint density at radius 3 is 2.52 bits per heavy atom. The largest absolute Gasteiger partial charge is 0.497 e. The van der Waals surface area contributed by atoms with Crippen LogP contribution in [0.15, 0.2) is 40.2 Å². The topological polar surface area (TPSA) is 21.3 Å². The number of thiophene rings is 1. The molecule has 1 atom stereocenters. The van der Waals surface area contributed by atoms with Crippen molar-refractivity contribution in [2.75, 3.05) is 13.7 Å². The fraction of sp³-hybridized carbons (Fsp3) is 0.412. The zero-order valence-electron chi connectivity index (χ0n) is 12.6. The Hall–Kier alpha value is -0.840. The molecule has 4 heteroatoms. The average Bonchev–Trinajstić information content (AvgIpc) is 2.91. The third-order valence-corrected chi connectivity index (χ3v) is 5.40. The minimum Gasteiger partial charge on any atom is -0.497 e. The molecule has 0 aliphatic heterocycles. The van der Waals surface area contributed by atoms with E-state index >= 15 is 0 Å². The van der Waals surface area contributed by atoms with Crippen LogP contribution >= 0.6 is 27.3 Å². The minimum absolute atomic E-state index is 0.466. The normalized spacial score (nSPS) is 12.3. The predicted octanol–water partition coefficient (Wildman–Crippen LogP) is 4.67. The maximum atomic E-state index is 5.22. The monoisotopic (exact) mass is 367 g/mol. The zero-order valence-corrected chi connectivity index (χ0v) is 15.0. The molecule has 114 valence electrons. The van der Waals surface area contributed by atoms with Gasteiger partial charge >= 0.3 is 0 Å². The average molecular weight is 368 g/mol. The highest BCUT2D eigenvalue weighted by Gasteiger charge is 2.13. The molecule has 0 radical (unpaired) electrons. The van der Waals surface area contributed by atoms with Crippen LogP contribution in [0.3, 0.4) is 0 Å². The van der Waals surface area contributed by atoms with E-state index in [4.69, 9.17) is 4.74 Å². The van der Waals surface area contributed by atoms with Gasteiger partial charge in [-0.25, -0.2) is 0 Å². The highest BCUT2D eigenvalue weighted by molar-refractivity contribution is 9.10. The second kappa shape index (κ2) is 8.57. The van der Waals surface area contributed by atoms with Crippen LogP contribution in [-0.2, 0) is 12.8 Å². The van der Waals surface area contributed by atoms with Gasteiger partial charge < -0.3 is 10.1 Å². The molecule has 1 unspecified atom stereocenters. The van der Waals surface area contributed by atoms with E-state index in [-0.39, 0.29) is 0 Å². The van der Waals surface area contributed by atoms with E-state index in [2.05, 4.69) is 51.7 Å². The quantitative estimate of drug-likeness (QED) is 0.731. The van der Waals surface area contributed by atoms with Crippen LogP contribution in [0.2, 0.25) is 0 Å². The molecule has 1 heterocycles. The van der Waals surface area contributed by atoms with E-state index in [9.17, 15) is 0 Å². The first-order valence-electron chi connectivity index (χ1n) is 7.31. The van der Waals surface area contributed by atoms with Crippen molar-refractivity contribution in [2.45, 2.75) is 32.2 Å². The Morgan fingerprint density at radius 1 is 1.19 bits per heavy atom. The molecule has 0 aliphatic carbocycles.